The summed E-state index contributed by atoms with van der Waals surface area (Å²) in [5.41, 5.74) is -4.58. The summed E-state index contributed by atoms with van der Waals surface area (Å²) in [4.78, 5) is 11.0. The predicted molar refractivity (Wildman–Crippen MR) is 47.2 cm³/mol. The second-order valence-electron chi connectivity index (χ2n) is 2.36. The van der Waals surface area contributed by atoms with Crippen LogP contribution in [-0.2, 0) is 4.74 Å². The number of carbonyl (C=O) groups excluding carboxylic acids is 1. The van der Waals surface area contributed by atoms with Crippen molar-refractivity contribution in [2.45, 2.75) is 12.4 Å². The average molecular weight is 240 g/mol. The number of halogens is 3. The Bertz CT molecular complexity index is 350. The highest BCUT2D eigenvalue weighted by molar-refractivity contribution is 7.98. The molecule has 0 atom stereocenters. The normalized spacial score (nSPS) is 11.5. The van der Waals surface area contributed by atoms with E-state index in [1.165, 1.54) is 0 Å². The van der Waals surface area contributed by atoms with Gasteiger partial charge in [-0.15, -0.1) is 0 Å². The summed E-state index contributed by atoms with van der Waals surface area (Å²) < 4.78 is 40.8. The molecular weight excluding hydrogens is 233 g/mol. The van der Waals surface area contributed by atoms with Crippen LogP contribution in [0.4, 0.5) is 13.2 Å². The maximum atomic E-state index is 11.9. The molecule has 0 saturated heterocycles. The van der Waals surface area contributed by atoms with Crippen molar-refractivity contribution in [3.8, 4) is 0 Å². The van der Waals surface area contributed by atoms with E-state index in [1.54, 1.807) is 6.92 Å². The first kappa shape index (κ1) is 11.9. The van der Waals surface area contributed by atoms with Crippen LogP contribution in [0.5, 0.6) is 0 Å². The van der Waals surface area contributed by atoms with Crippen LogP contribution in [0.3, 0.4) is 0 Å². The molecule has 0 amide bonds. The van der Waals surface area contributed by atoms with Gasteiger partial charge < -0.3 is 4.74 Å². The van der Waals surface area contributed by atoms with Crippen molar-refractivity contribution in [1.29, 1.82) is 0 Å². The first-order chi connectivity index (χ1) is 6.92. The van der Waals surface area contributed by atoms with E-state index in [4.69, 9.17) is 0 Å². The highest BCUT2D eigenvalue weighted by atomic mass is 32.2. The molecule has 1 rings (SSSR count). The topological polar surface area (TPSA) is 44.1 Å². The van der Waals surface area contributed by atoms with Crippen molar-refractivity contribution in [2.75, 3.05) is 6.61 Å². The zero-order valence-corrected chi connectivity index (χ0v) is 8.43. The van der Waals surface area contributed by atoms with Crippen molar-refractivity contribution in [3.63, 3.8) is 0 Å². The van der Waals surface area contributed by atoms with Gasteiger partial charge in [0.25, 0.3) is 0 Å². The smallest absolute Gasteiger partial charge is 0.461 e. The van der Waals surface area contributed by atoms with E-state index in [2.05, 4.69) is 9.84 Å². The van der Waals surface area contributed by atoms with Crippen molar-refractivity contribution < 1.29 is 22.7 Å². The molecule has 0 aliphatic heterocycles. The largest absolute Gasteiger partial charge is 0.463 e. The molecule has 4 nitrogen and oxygen atoms in total. The third-order valence-corrected chi connectivity index (χ3v) is 1.85. The minimum absolute atomic E-state index is 0.145. The van der Waals surface area contributed by atoms with Gasteiger partial charge in [-0.05, 0) is 13.0 Å². The van der Waals surface area contributed by atoms with Gasteiger partial charge in [-0.3, -0.25) is 0 Å². The van der Waals surface area contributed by atoms with E-state index in [0.717, 1.165) is 12.3 Å². The maximum Gasteiger partial charge on any atom is 0.463 e. The molecule has 0 bridgehead atoms. The van der Waals surface area contributed by atoms with Gasteiger partial charge in [0, 0.05) is 6.20 Å². The quantitative estimate of drug-likeness (QED) is 0.759. The van der Waals surface area contributed by atoms with E-state index in [-0.39, 0.29) is 12.3 Å². The fourth-order valence-corrected chi connectivity index (χ4v) is 1.24. The van der Waals surface area contributed by atoms with Crippen LogP contribution < -0.4 is 0 Å². The number of alkyl halides is 3. The Morgan fingerprint density at radius 2 is 2.33 bits per heavy atom. The van der Waals surface area contributed by atoms with Crippen molar-refractivity contribution >= 4 is 17.9 Å². The number of hydrogen-bond acceptors (Lipinski definition) is 4. The summed E-state index contributed by atoms with van der Waals surface area (Å²) in [6.45, 7) is 1.75. The molecule has 0 spiro atoms. The SMILES string of the molecule is CCOC(=O)c1ccn(SC(F)(F)F)n1. The Hall–Kier alpha value is -1.18. The summed E-state index contributed by atoms with van der Waals surface area (Å²) in [7, 11) is 0. The molecule has 0 unspecified atom stereocenters. The number of esters is 1. The predicted octanol–water partition coefficient (Wildman–Crippen LogP) is 2.08. The van der Waals surface area contributed by atoms with Crippen LogP contribution in [-0.4, -0.2) is 27.3 Å². The van der Waals surface area contributed by atoms with Crippen LogP contribution in [0.15, 0.2) is 12.3 Å². The van der Waals surface area contributed by atoms with Gasteiger partial charge in [0.05, 0.1) is 18.6 Å². The number of nitrogens with zero attached hydrogens (tertiary/aromatic N) is 2. The molecule has 0 N–H and O–H groups in total. The van der Waals surface area contributed by atoms with Gasteiger partial charge in [0.15, 0.2) is 5.69 Å². The Kier molecular flexibility index (Phi) is 3.61. The molecule has 1 aromatic rings. The first-order valence-electron chi connectivity index (χ1n) is 3.91. The molecule has 0 aliphatic carbocycles. The van der Waals surface area contributed by atoms with Gasteiger partial charge in [0.2, 0.25) is 0 Å². The molecule has 0 aromatic carbocycles. The van der Waals surface area contributed by atoms with E-state index in [9.17, 15) is 18.0 Å². The summed E-state index contributed by atoms with van der Waals surface area (Å²) in [5, 5.41) is 3.40. The van der Waals surface area contributed by atoms with E-state index in [0.29, 0.717) is 4.09 Å². The highest BCUT2D eigenvalue weighted by Crippen LogP contribution is 2.30. The van der Waals surface area contributed by atoms with Crippen molar-refractivity contribution in [3.05, 3.63) is 18.0 Å². The fourth-order valence-electron chi connectivity index (χ4n) is 0.778. The minimum atomic E-state index is -4.43. The van der Waals surface area contributed by atoms with Gasteiger partial charge in [-0.2, -0.15) is 18.3 Å². The molecule has 0 aliphatic rings. The lowest BCUT2D eigenvalue weighted by molar-refractivity contribution is -0.0337. The first-order valence-corrected chi connectivity index (χ1v) is 4.68. The van der Waals surface area contributed by atoms with Gasteiger partial charge >= 0.3 is 11.5 Å². The van der Waals surface area contributed by atoms with E-state index in [1.807, 2.05) is 0 Å². The lowest BCUT2D eigenvalue weighted by Gasteiger charge is -2.03. The molecular formula is C7H7F3N2O2S. The van der Waals surface area contributed by atoms with Crippen LogP contribution in [0.2, 0.25) is 0 Å². The number of ether oxygens (including phenoxy) is 1. The Morgan fingerprint density at radius 3 is 2.87 bits per heavy atom. The monoisotopic (exact) mass is 240 g/mol. The molecule has 0 radical (unpaired) electrons. The van der Waals surface area contributed by atoms with Crippen LogP contribution in [0.25, 0.3) is 0 Å². The summed E-state index contributed by atoms with van der Waals surface area (Å²) >= 11 is -0.445. The second kappa shape index (κ2) is 4.56. The number of aromatic nitrogens is 2. The molecule has 1 aromatic heterocycles. The molecule has 1 heterocycles. The number of hydrogen-bond donors (Lipinski definition) is 0. The third-order valence-electron chi connectivity index (χ3n) is 1.25. The van der Waals surface area contributed by atoms with Crippen molar-refractivity contribution in [1.82, 2.24) is 9.19 Å². The zero-order chi connectivity index (χ0) is 11.5. The fraction of sp³-hybridized carbons (Fsp3) is 0.429. The third kappa shape index (κ3) is 3.82. The number of carbonyl (C=O) groups is 1. The highest BCUT2D eigenvalue weighted by Gasteiger charge is 2.31. The minimum Gasteiger partial charge on any atom is -0.461 e. The van der Waals surface area contributed by atoms with E-state index < -0.39 is 23.4 Å². The number of rotatable bonds is 3. The van der Waals surface area contributed by atoms with E-state index >= 15 is 0 Å². The van der Waals surface area contributed by atoms with Gasteiger partial charge in [-0.1, -0.05) is 0 Å². The Balaban J connectivity index is 2.68. The summed E-state index contributed by atoms with van der Waals surface area (Å²) in [5.74, 6) is -0.737. The van der Waals surface area contributed by atoms with Crippen LogP contribution in [0.1, 0.15) is 17.4 Å². The molecule has 8 heteroatoms. The standard InChI is InChI=1S/C7H7F3N2O2S/c1-2-14-6(13)5-3-4-12(11-5)15-7(8,9)10/h3-4H,2H2,1H3. The Labute approximate surface area is 87.5 Å². The lowest BCUT2D eigenvalue weighted by atomic mass is 10.4. The van der Waals surface area contributed by atoms with Gasteiger partial charge in [0.1, 0.15) is 0 Å². The Morgan fingerprint density at radius 1 is 1.67 bits per heavy atom. The van der Waals surface area contributed by atoms with Crippen LogP contribution in [0, 0.1) is 0 Å². The zero-order valence-electron chi connectivity index (χ0n) is 7.61. The second-order valence-corrected chi connectivity index (χ2v) is 3.38. The molecule has 0 saturated carbocycles. The van der Waals surface area contributed by atoms with Crippen molar-refractivity contribution in [2.24, 2.45) is 0 Å². The van der Waals surface area contributed by atoms with Gasteiger partial charge in [-0.25, -0.2) is 8.88 Å². The molecule has 84 valence electrons. The van der Waals surface area contributed by atoms with Crippen LogP contribution >= 0.6 is 11.9 Å². The molecule has 15 heavy (non-hydrogen) atoms. The lowest BCUT2D eigenvalue weighted by Crippen LogP contribution is -2.08. The average Bonchev–Trinajstić information content (AvgIpc) is 2.50. The maximum absolute atomic E-state index is 11.9. The summed E-state index contributed by atoms with van der Waals surface area (Å²) in [6.07, 6.45) is 1.05. The molecule has 0 fully saturated rings. The summed E-state index contributed by atoms with van der Waals surface area (Å²) in [6, 6.07) is 1.16.